The van der Waals surface area contributed by atoms with Crippen molar-refractivity contribution < 1.29 is 14.3 Å². The zero-order chi connectivity index (χ0) is 30.7. The number of carbonyl (C=O) groups excluding carboxylic acids is 1. The number of hydrogen-bond donors (Lipinski definition) is 0. The number of amides is 1. The number of allylic oxidation sites excluding steroid dienone is 1. The number of benzene rings is 3. The van der Waals surface area contributed by atoms with Crippen molar-refractivity contribution in [1.29, 1.82) is 0 Å². The highest BCUT2D eigenvalue weighted by atomic mass is 127. The first kappa shape index (κ1) is 31.0. The smallest absolute Gasteiger partial charge is 0.271 e. The first-order chi connectivity index (χ1) is 20.7. The van der Waals surface area contributed by atoms with E-state index in [4.69, 9.17) is 26.1 Å². The lowest BCUT2D eigenvalue weighted by molar-refractivity contribution is -0.127. The van der Waals surface area contributed by atoms with Gasteiger partial charge in [-0.15, -0.1) is 0 Å². The van der Waals surface area contributed by atoms with E-state index in [0.717, 1.165) is 20.3 Å². The lowest BCUT2D eigenvalue weighted by Gasteiger charge is -2.29. The summed E-state index contributed by atoms with van der Waals surface area (Å²) in [5.41, 5.74) is 3.49. The zero-order valence-corrected chi connectivity index (χ0v) is 28.0. The molecular formula is C33H31ClIN3O4S. The van der Waals surface area contributed by atoms with Crippen LogP contribution in [0.4, 0.5) is 0 Å². The Morgan fingerprint density at radius 3 is 2.47 bits per heavy atom. The number of thiazole rings is 1. The molecule has 0 unspecified atom stereocenters. The van der Waals surface area contributed by atoms with Crippen LogP contribution in [0.1, 0.15) is 43.5 Å². The predicted octanol–water partition coefficient (Wildman–Crippen LogP) is 5.95. The average molecular weight is 728 g/mol. The van der Waals surface area contributed by atoms with Crippen LogP contribution in [-0.2, 0) is 11.4 Å². The van der Waals surface area contributed by atoms with Gasteiger partial charge in [-0.3, -0.25) is 14.2 Å². The van der Waals surface area contributed by atoms with Crippen LogP contribution in [0.5, 0.6) is 11.5 Å². The summed E-state index contributed by atoms with van der Waals surface area (Å²) >= 11 is 9.72. The average Bonchev–Trinajstić information content (AvgIpc) is 3.30. The molecule has 1 amide bonds. The van der Waals surface area contributed by atoms with Crippen LogP contribution < -0.4 is 24.4 Å². The summed E-state index contributed by atoms with van der Waals surface area (Å²) < 4.78 is 14.8. The van der Waals surface area contributed by atoms with Crippen LogP contribution in [0, 0.1) is 3.57 Å². The van der Waals surface area contributed by atoms with Crippen molar-refractivity contribution in [1.82, 2.24) is 9.47 Å². The fraction of sp³-hybridized carbons (Fsp3) is 0.242. The molecule has 43 heavy (non-hydrogen) atoms. The maximum absolute atomic E-state index is 14.1. The minimum absolute atomic E-state index is 0.133. The van der Waals surface area contributed by atoms with Gasteiger partial charge in [0.2, 0.25) is 0 Å². The third-order valence-corrected chi connectivity index (χ3v) is 9.30. The highest BCUT2D eigenvalue weighted by Gasteiger charge is 2.34. The molecule has 0 bridgehead atoms. The highest BCUT2D eigenvalue weighted by molar-refractivity contribution is 14.1. The van der Waals surface area contributed by atoms with Crippen LogP contribution >= 0.6 is 45.5 Å². The van der Waals surface area contributed by atoms with Crippen molar-refractivity contribution in [3.05, 3.63) is 123 Å². The van der Waals surface area contributed by atoms with Crippen molar-refractivity contribution in [2.24, 2.45) is 4.99 Å². The van der Waals surface area contributed by atoms with Crippen molar-refractivity contribution in [2.75, 3.05) is 20.2 Å². The Balaban J connectivity index is 1.60. The number of hydrogen-bond acceptors (Lipinski definition) is 6. The molecule has 1 atom stereocenters. The number of nitrogens with zero attached hydrogens (tertiary/aromatic N) is 3. The third-order valence-electron chi connectivity index (χ3n) is 7.26. The predicted molar refractivity (Wildman–Crippen MR) is 180 cm³/mol. The van der Waals surface area contributed by atoms with E-state index in [0.29, 0.717) is 56.8 Å². The Morgan fingerprint density at radius 1 is 1.12 bits per heavy atom. The molecule has 0 aliphatic carbocycles. The number of rotatable bonds is 9. The zero-order valence-electron chi connectivity index (χ0n) is 24.3. The summed E-state index contributed by atoms with van der Waals surface area (Å²) in [5, 5.41) is 0.577. The fourth-order valence-electron chi connectivity index (χ4n) is 5.08. The van der Waals surface area contributed by atoms with Crippen LogP contribution in [0.15, 0.2) is 87.8 Å². The van der Waals surface area contributed by atoms with Gasteiger partial charge >= 0.3 is 0 Å². The van der Waals surface area contributed by atoms with Crippen molar-refractivity contribution >= 4 is 57.5 Å². The number of likely N-dealkylation sites (N-methyl/N-ethyl adjacent to an activating group) is 1. The fourth-order valence-corrected chi connectivity index (χ4v) is 7.03. The van der Waals surface area contributed by atoms with E-state index < -0.39 is 6.04 Å². The molecule has 7 nitrogen and oxygen atoms in total. The molecule has 0 saturated carbocycles. The molecule has 0 radical (unpaired) electrons. The van der Waals surface area contributed by atoms with Crippen LogP contribution in [0.3, 0.4) is 0 Å². The monoisotopic (exact) mass is 727 g/mol. The molecule has 0 spiro atoms. The maximum Gasteiger partial charge on any atom is 0.271 e. The molecule has 4 aromatic rings. The quantitative estimate of drug-likeness (QED) is 0.200. The molecule has 1 aliphatic heterocycles. The van der Waals surface area contributed by atoms with Gasteiger partial charge < -0.3 is 14.4 Å². The molecule has 5 rings (SSSR count). The maximum atomic E-state index is 14.1. The summed E-state index contributed by atoms with van der Waals surface area (Å²) in [6, 6.07) is 20.4. The molecule has 222 valence electrons. The third kappa shape index (κ3) is 6.44. The SMILES string of the molecule is CCN(CC)C(=O)C1=C(C)N=c2s/c(=C/c3cc(I)c(OCc4ccccc4)c(OC)c3)c(=O)n2[C@H]1c1ccc(Cl)cc1. The summed E-state index contributed by atoms with van der Waals surface area (Å²) in [6.07, 6.45) is 1.83. The van der Waals surface area contributed by atoms with Gasteiger partial charge in [-0.05, 0) is 90.4 Å². The second-order valence-corrected chi connectivity index (χ2v) is 12.5. The first-order valence-electron chi connectivity index (χ1n) is 13.9. The van der Waals surface area contributed by atoms with E-state index in [1.54, 1.807) is 28.7 Å². The molecule has 1 aromatic heterocycles. The largest absolute Gasteiger partial charge is 0.493 e. The van der Waals surface area contributed by atoms with Crippen LogP contribution in [0.2, 0.25) is 5.02 Å². The molecule has 0 N–H and O–H groups in total. The lowest BCUT2D eigenvalue weighted by Crippen LogP contribution is -2.43. The van der Waals surface area contributed by atoms with Gasteiger partial charge in [0.15, 0.2) is 16.3 Å². The molecule has 3 aromatic carbocycles. The number of methoxy groups -OCH3 is 1. The van der Waals surface area contributed by atoms with Gasteiger partial charge in [0.25, 0.3) is 11.5 Å². The van der Waals surface area contributed by atoms with E-state index in [1.807, 2.05) is 81.4 Å². The second kappa shape index (κ2) is 13.5. The number of ether oxygens (including phenoxy) is 2. The van der Waals surface area contributed by atoms with Crippen molar-refractivity contribution in [2.45, 2.75) is 33.4 Å². The summed E-state index contributed by atoms with van der Waals surface area (Å²) in [5.74, 6) is 1.08. The Hall–Kier alpha value is -3.41. The summed E-state index contributed by atoms with van der Waals surface area (Å²) in [4.78, 5) is 34.9. The first-order valence-corrected chi connectivity index (χ1v) is 16.1. The van der Waals surface area contributed by atoms with Gasteiger partial charge in [0.1, 0.15) is 6.61 Å². The standard InChI is InChI=1S/C33H31ClIN3O4S/c1-5-37(6-2)32(40)28-20(3)36-33-38(29(28)23-12-14-24(34)15-13-23)31(39)27(43-33)18-22-16-25(35)30(26(17-22)41-4)42-19-21-10-8-7-9-11-21/h7-18,29H,5-6,19H2,1-4H3/b27-18+/t29-/m0/s1. The Bertz CT molecular complexity index is 1860. The highest BCUT2D eigenvalue weighted by Crippen LogP contribution is 2.35. The minimum atomic E-state index is -0.632. The molecular weight excluding hydrogens is 697 g/mol. The molecule has 0 saturated heterocycles. The van der Waals surface area contributed by atoms with Crippen molar-refractivity contribution in [3.8, 4) is 11.5 Å². The Morgan fingerprint density at radius 2 is 1.81 bits per heavy atom. The number of fused-ring (bicyclic) bond motifs is 1. The van der Waals surface area contributed by atoms with E-state index in [2.05, 4.69) is 22.6 Å². The van der Waals surface area contributed by atoms with Gasteiger partial charge in [-0.25, -0.2) is 4.99 Å². The van der Waals surface area contributed by atoms with Gasteiger partial charge in [-0.1, -0.05) is 65.4 Å². The van der Waals surface area contributed by atoms with Gasteiger partial charge in [-0.2, -0.15) is 0 Å². The number of aromatic nitrogens is 1. The normalized spacial score (nSPS) is 14.7. The Labute approximate surface area is 272 Å². The molecule has 0 fully saturated rings. The topological polar surface area (TPSA) is 73.1 Å². The molecule has 10 heteroatoms. The number of halogens is 2. The summed E-state index contributed by atoms with van der Waals surface area (Å²) in [6.45, 7) is 7.22. The van der Waals surface area contributed by atoms with Crippen LogP contribution in [0.25, 0.3) is 6.08 Å². The van der Waals surface area contributed by atoms with E-state index in [9.17, 15) is 9.59 Å². The lowest BCUT2D eigenvalue weighted by atomic mass is 9.94. The van der Waals surface area contributed by atoms with Crippen molar-refractivity contribution in [3.63, 3.8) is 0 Å². The van der Waals surface area contributed by atoms with Crippen LogP contribution in [-0.4, -0.2) is 35.6 Å². The Kier molecular flexibility index (Phi) is 9.73. The molecule has 2 heterocycles. The van der Waals surface area contributed by atoms with E-state index in [1.165, 1.54) is 11.3 Å². The second-order valence-electron chi connectivity index (χ2n) is 9.92. The number of carbonyl (C=O) groups is 1. The molecule has 1 aliphatic rings. The summed E-state index contributed by atoms with van der Waals surface area (Å²) in [7, 11) is 1.60. The minimum Gasteiger partial charge on any atom is -0.493 e. The van der Waals surface area contributed by atoms with E-state index in [-0.39, 0.29) is 11.5 Å². The van der Waals surface area contributed by atoms with E-state index >= 15 is 0 Å². The van der Waals surface area contributed by atoms with Gasteiger partial charge in [0, 0.05) is 18.1 Å². The van der Waals surface area contributed by atoms with Gasteiger partial charge in [0.05, 0.1) is 32.5 Å².